The Hall–Kier alpha value is -1.39. The third-order valence-electron chi connectivity index (χ3n) is 2.15. The molecule has 0 amide bonds. The second-order valence-corrected chi connectivity index (χ2v) is 4.13. The molecule has 2 rings (SSSR count). The molecule has 1 aromatic carbocycles. The van der Waals surface area contributed by atoms with Gasteiger partial charge in [-0.3, -0.25) is 0 Å². The number of nitrogens with two attached hydrogens (primary N) is 1. The van der Waals surface area contributed by atoms with Crippen molar-refractivity contribution in [2.24, 2.45) is 0 Å². The summed E-state index contributed by atoms with van der Waals surface area (Å²) in [6, 6.07) is 4.76. The standard InChI is InChI=1S/C11H6Cl2F2N2/c12-6-4-7(13)11(16)17-10(6)5-1-2-8(14)9(15)3-5/h1-4H,(H2,16,17). The van der Waals surface area contributed by atoms with E-state index in [1.807, 2.05) is 0 Å². The van der Waals surface area contributed by atoms with E-state index in [1.165, 1.54) is 12.1 Å². The van der Waals surface area contributed by atoms with Crippen LogP contribution in [0.4, 0.5) is 14.6 Å². The predicted octanol–water partition coefficient (Wildman–Crippen LogP) is 3.92. The van der Waals surface area contributed by atoms with Crippen LogP contribution in [-0.2, 0) is 0 Å². The fraction of sp³-hybridized carbons (Fsp3) is 0. The highest BCUT2D eigenvalue weighted by Crippen LogP contribution is 2.31. The molecule has 0 aliphatic heterocycles. The molecule has 0 atom stereocenters. The quantitative estimate of drug-likeness (QED) is 0.856. The van der Waals surface area contributed by atoms with Gasteiger partial charge in [0.1, 0.15) is 5.82 Å². The summed E-state index contributed by atoms with van der Waals surface area (Å²) in [6.45, 7) is 0. The smallest absolute Gasteiger partial charge is 0.159 e. The zero-order chi connectivity index (χ0) is 12.6. The molecule has 0 bridgehead atoms. The molecule has 0 unspecified atom stereocenters. The van der Waals surface area contributed by atoms with E-state index in [9.17, 15) is 8.78 Å². The maximum atomic E-state index is 13.1. The van der Waals surface area contributed by atoms with Crippen molar-refractivity contribution >= 4 is 29.0 Å². The normalized spacial score (nSPS) is 10.6. The molecule has 0 fully saturated rings. The van der Waals surface area contributed by atoms with Crippen molar-refractivity contribution in [1.82, 2.24) is 4.98 Å². The minimum absolute atomic E-state index is 0.0794. The summed E-state index contributed by atoms with van der Waals surface area (Å²) in [6.07, 6.45) is 0. The second-order valence-electron chi connectivity index (χ2n) is 3.31. The lowest BCUT2D eigenvalue weighted by atomic mass is 10.1. The fourth-order valence-corrected chi connectivity index (χ4v) is 1.79. The third kappa shape index (κ3) is 2.33. The van der Waals surface area contributed by atoms with Gasteiger partial charge < -0.3 is 5.73 Å². The average Bonchev–Trinajstić information content (AvgIpc) is 2.27. The van der Waals surface area contributed by atoms with Gasteiger partial charge in [0.15, 0.2) is 11.6 Å². The van der Waals surface area contributed by atoms with Gasteiger partial charge in [0.05, 0.1) is 15.7 Å². The second kappa shape index (κ2) is 4.47. The molecule has 0 spiro atoms. The molecular weight excluding hydrogens is 269 g/mol. The maximum Gasteiger partial charge on any atom is 0.159 e. The van der Waals surface area contributed by atoms with Gasteiger partial charge in [-0.05, 0) is 24.3 Å². The summed E-state index contributed by atoms with van der Waals surface area (Å²) in [7, 11) is 0. The monoisotopic (exact) mass is 274 g/mol. The summed E-state index contributed by atoms with van der Waals surface area (Å²) in [4.78, 5) is 3.94. The van der Waals surface area contributed by atoms with Crippen LogP contribution in [0.5, 0.6) is 0 Å². The van der Waals surface area contributed by atoms with Gasteiger partial charge >= 0.3 is 0 Å². The molecule has 0 aliphatic rings. The number of aromatic nitrogens is 1. The van der Waals surface area contributed by atoms with Crippen molar-refractivity contribution < 1.29 is 8.78 Å². The number of rotatable bonds is 1. The van der Waals surface area contributed by atoms with E-state index < -0.39 is 11.6 Å². The number of hydrogen-bond acceptors (Lipinski definition) is 2. The van der Waals surface area contributed by atoms with Crippen molar-refractivity contribution in [2.45, 2.75) is 0 Å². The van der Waals surface area contributed by atoms with Crippen LogP contribution in [0.3, 0.4) is 0 Å². The first-order chi connectivity index (χ1) is 7.99. The van der Waals surface area contributed by atoms with E-state index in [0.29, 0.717) is 5.56 Å². The summed E-state index contributed by atoms with van der Waals surface area (Å²) in [5, 5.41) is 0.427. The first-order valence-electron chi connectivity index (χ1n) is 4.56. The maximum absolute atomic E-state index is 13.1. The Labute approximate surface area is 106 Å². The molecule has 2 N–H and O–H groups in total. The Morgan fingerprint density at radius 1 is 1.00 bits per heavy atom. The van der Waals surface area contributed by atoms with E-state index in [-0.39, 0.29) is 21.6 Å². The molecule has 88 valence electrons. The Morgan fingerprint density at radius 2 is 1.71 bits per heavy atom. The summed E-state index contributed by atoms with van der Waals surface area (Å²) in [5.74, 6) is -1.84. The van der Waals surface area contributed by atoms with Crippen LogP contribution in [0, 0.1) is 11.6 Å². The van der Waals surface area contributed by atoms with Gasteiger partial charge in [-0.2, -0.15) is 0 Å². The minimum atomic E-state index is -0.978. The Bertz CT molecular complexity index is 588. The molecule has 1 aromatic heterocycles. The SMILES string of the molecule is Nc1nc(-c2ccc(F)c(F)c2)c(Cl)cc1Cl. The number of anilines is 1. The minimum Gasteiger partial charge on any atom is -0.382 e. The molecule has 1 heterocycles. The largest absolute Gasteiger partial charge is 0.382 e. The average molecular weight is 275 g/mol. The number of benzene rings is 1. The summed E-state index contributed by atoms with van der Waals surface area (Å²) >= 11 is 11.6. The van der Waals surface area contributed by atoms with Gasteiger partial charge in [0, 0.05) is 5.56 Å². The molecule has 0 saturated carbocycles. The number of nitrogen functional groups attached to an aromatic ring is 1. The number of pyridine rings is 1. The summed E-state index contributed by atoms with van der Waals surface area (Å²) in [5.41, 5.74) is 6.11. The molecule has 0 saturated heterocycles. The molecule has 2 nitrogen and oxygen atoms in total. The first-order valence-corrected chi connectivity index (χ1v) is 5.31. The van der Waals surface area contributed by atoms with Gasteiger partial charge in [0.2, 0.25) is 0 Å². The molecular formula is C11H6Cl2F2N2. The highest BCUT2D eigenvalue weighted by atomic mass is 35.5. The Balaban J connectivity index is 2.60. The van der Waals surface area contributed by atoms with Crippen LogP contribution in [-0.4, -0.2) is 4.98 Å². The number of nitrogens with zero attached hydrogens (tertiary/aromatic N) is 1. The van der Waals surface area contributed by atoms with E-state index in [1.54, 1.807) is 0 Å². The van der Waals surface area contributed by atoms with Gasteiger partial charge in [-0.25, -0.2) is 13.8 Å². The molecule has 0 radical (unpaired) electrons. The topological polar surface area (TPSA) is 38.9 Å². The molecule has 2 aromatic rings. The zero-order valence-electron chi connectivity index (χ0n) is 8.35. The van der Waals surface area contributed by atoms with Crippen LogP contribution in [0.2, 0.25) is 10.0 Å². The van der Waals surface area contributed by atoms with Crippen molar-refractivity contribution in [3.8, 4) is 11.3 Å². The Kier molecular flexibility index (Phi) is 3.17. The van der Waals surface area contributed by atoms with E-state index in [2.05, 4.69) is 4.98 Å². The molecule has 6 heteroatoms. The lowest BCUT2D eigenvalue weighted by Gasteiger charge is -2.06. The predicted molar refractivity (Wildman–Crippen MR) is 64.0 cm³/mol. The van der Waals surface area contributed by atoms with Crippen LogP contribution >= 0.6 is 23.2 Å². The van der Waals surface area contributed by atoms with Crippen molar-refractivity contribution in [1.29, 1.82) is 0 Å². The molecule has 0 aliphatic carbocycles. The molecule has 17 heavy (non-hydrogen) atoms. The highest BCUT2D eigenvalue weighted by Gasteiger charge is 2.11. The summed E-state index contributed by atoms with van der Waals surface area (Å²) < 4.78 is 25.9. The van der Waals surface area contributed by atoms with E-state index in [4.69, 9.17) is 28.9 Å². The highest BCUT2D eigenvalue weighted by molar-refractivity contribution is 6.37. The van der Waals surface area contributed by atoms with Gasteiger partial charge in [-0.1, -0.05) is 23.2 Å². The Morgan fingerprint density at radius 3 is 2.35 bits per heavy atom. The van der Waals surface area contributed by atoms with Crippen LogP contribution in [0.1, 0.15) is 0 Å². The van der Waals surface area contributed by atoms with Gasteiger partial charge in [-0.15, -0.1) is 0 Å². The van der Waals surface area contributed by atoms with Crippen LogP contribution < -0.4 is 5.73 Å². The van der Waals surface area contributed by atoms with E-state index in [0.717, 1.165) is 12.1 Å². The third-order valence-corrected chi connectivity index (χ3v) is 2.74. The zero-order valence-corrected chi connectivity index (χ0v) is 9.86. The van der Waals surface area contributed by atoms with Crippen molar-refractivity contribution in [3.63, 3.8) is 0 Å². The fourth-order valence-electron chi connectivity index (χ4n) is 1.33. The lowest BCUT2D eigenvalue weighted by Crippen LogP contribution is -1.95. The van der Waals surface area contributed by atoms with Crippen LogP contribution in [0.25, 0.3) is 11.3 Å². The van der Waals surface area contributed by atoms with Crippen molar-refractivity contribution in [2.75, 3.05) is 5.73 Å². The van der Waals surface area contributed by atoms with Gasteiger partial charge in [0.25, 0.3) is 0 Å². The number of halogens is 4. The van der Waals surface area contributed by atoms with Crippen LogP contribution in [0.15, 0.2) is 24.3 Å². The lowest BCUT2D eigenvalue weighted by molar-refractivity contribution is 0.509. The van der Waals surface area contributed by atoms with Crippen molar-refractivity contribution in [3.05, 3.63) is 45.9 Å². The van der Waals surface area contributed by atoms with E-state index >= 15 is 0 Å². The first kappa shape index (κ1) is 12.1. The number of hydrogen-bond donors (Lipinski definition) is 1.